The van der Waals surface area contributed by atoms with Gasteiger partial charge in [-0.3, -0.25) is 15.0 Å². The van der Waals surface area contributed by atoms with Gasteiger partial charge in [0.1, 0.15) is 5.69 Å². The number of halogens is 2. The predicted octanol–water partition coefficient (Wildman–Crippen LogP) is 5.66. The molecule has 0 bridgehead atoms. The number of aromatic nitrogens is 6. The highest BCUT2D eigenvalue weighted by molar-refractivity contribution is 5.97. The van der Waals surface area contributed by atoms with Crippen molar-refractivity contribution in [2.45, 2.75) is 18.9 Å². The Morgan fingerprint density at radius 2 is 1.97 bits per heavy atom. The number of imidazole rings is 1. The van der Waals surface area contributed by atoms with Crippen LogP contribution in [0.5, 0.6) is 0 Å². The van der Waals surface area contributed by atoms with Crippen molar-refractivity contribution in [1.82, 2.24) is 35.0 Å². The normalized spacial score (nSPS) is 15.7. The van der Waals surface area contributed by atoms with Crippen molar-refractivity contribution >= 4 is 22.1 Å². The molecule has 6 aromatic rings. The monoisotopic (exact) mass is 497 g/mol. The molecule has 0 aliphatic carbocycles. The topological polar surface area (TPSA) is 99.5 Å². The molecule has 0 amide bonds. The van der Waals surface area contributed by atoms with Gasteiger partial charge >= 0.3 is 0 Å². The van der Waals surface area contributed by atoms with Crippen LogP contribution in [0.1, 0.15) is 12.0 Å². The molecule has 1 saturated heterocycles. The summed E-state index contributed by atoms with van der Waals surface area (Å²) in [4.78, 5) is 18.9. The first-order valence-electron chi connectivity index (χ1n) is 11.9. The average Bonchev–Trinajstić information content (AvgIpc) is 3.69. The Morgan fingerprint density at radius 3 is 2.81 bits per heavy atom. The van der Waals surface area contributed by atoms with Crippen molar-refractivity contribution in [3.63, 3.8) is 0 Å². The van der Waals surface area contributed by atoms with Gasteiger partial charge in [-0.05, 0) is 29.8 Å². The molecule has 0 unspecified atom stereocenters. The van der Waals surface area contributed by atoms with Crippen LogP contribution in [0.2, 0.25) is 0 Å². The maximum absolute atomic E-state index is 13.6. The van der Waals surface area contributed by atoms with Gasteiger partial charge in [-0.25, -0.2) is 18.7 Å². The van der Waals surface area contributed by atoms with Gasteiger partial charge in [-0.15, -0.1) is 0 Å². The number of rotatable bonds is 5. The highest BCUT2D eigenvalue weighted by Crippen LogP contribution is 2.33. The van der Waals surface area contributed by atoms with Gasteiger partial charge in [-0.2, -0.15) is 5.10 Å². The van der Waals surface area contributed by atoms with Crippen molar-refractivity contribution < 1.29 is 13.2 Å². The van der Waals surface area contributed by atoms with Gasteiger partial charge in [-0.1, -0.05) is 12.1 Å². The van der Waals surface area contributed by atoms with E-state index in [-0.39, 0.29) is 13.0 Å². The molecule has 184 valence electrons. The molecule has 7 rings (SSSR count). The number of para-hydroxylation sites is 1. The second-order valence-corrected chi connectivity index (χ2v) is 9.39. The first-order chi connectivity index (χ1) is 18.0. The maximum atomic E-state index is 13.6. The Kier molecular flexibility index (Phi) is 4.90. The van der Waals surface area contributed by atoms with Gasteiger partial charge in [0.2, 0.25) is 0 Å². The summed E-state index contributed by atoms with van der Waals surface area (Å²) in [5.74, 6) is -1.99. The molecule has 0 radical (unpaired) electrons. The van der Waals surface area contributed by atoms with Crippen LogP contribution >= 0.6 is 0 Å². The average molecular weight is 498 g/mol. The van der Waals surface area contributed by atoms with Gasteiger partial charge in [0.15, 0.2) is 11.5 Å². The molecular formula is C27H21F2N7O. The molecule has 6 heterocycles. The van der Waals surface area contributed by atoms with Crippen molar-refractivity contribution in [3.05, 3.63) is 73.1 Å². The molecule has 1 aromatic carbocycles. The number of pyridine rings is 2. The summed E-state index contributed by atoms with van der Waals surface area (Å²) in [5.41, 5.74) is 7.51. The summed E-state index contributed by atoms with van der Waals surface area (Å²) < 4.78 is 32.5. The van der Waals surface area contributed by atoms with Gasteiger partial charge in [0.25, 0.3) is 5.92 Å². The van der Waals surface area contributed by atoms with E-state index in [0.717, 1.165) is 44.2 Å². The second-order valence-electron chi connectivity index (χ2n) is 9.39. The van der Waals surface area contributed by atoms with E-state index in [0.29, 0.717) is 30.3 Å². The van der Waals surface area contributed by atoms with Gasteiger partial charge in [0, 0.05) is 60.4 Å². The van der Waals surface area contributed by atoms with Crippen molar-refractivity contribution in [2.75, 3.05) is 13.1 Å². The third-order valence-corrected chi connectivity index (χ3v) is 6.77. The number of H-pyrrole nitrogens is 2. The SMILES string of the molecule is FC1(F)CCN(Cc2cncc(-c3cnc4[nH]nc(-c5nc6c(-c7ccoc7)cccc6[nH]5)c4c3)c2)C1. The minimum absolute atomic E-state index is 0.102. The fraction of sp³-hybridized carbons (Fsp3) is 0.185. The lowest BCUT2D eigenvalue weighted by Gasteiger charge is -2.15. The number of nitrogens with one attached hydrogen (secondary N) is 2. The highest BCUT2D eigenvalue weighted by Gasteiger charge is 2.37. The number of likely N-dealkylation sites (tertiary alicyclic amines) is 1. The molecule has 37 heavy (non-hydrogen) atoms. The third kappa shape index (κ3) is 3.95. The van der Waals surface area contributed by atoms with E-state index >= 15 is 0 Å². The molecule has 1 aliphatic rings. The summed E-state index contributed by atoms with van der Waals surface area (Å²) in [6.45, 7) is 0.590. The molecule has 0 saturated carbocycles. The fourth-order valence-corrected chi connectivity index (χ4v) is 4.97. The molecule has 2 N–H and O–H groups in total. The van der Waals surface area contributed by atoms with Crippen LogP contribution in [0.15, 0.2) is 71.9 Å². The van der Waals surface area contributed by atoms with Crippen LogP contribution in [0.4, 0.5) is 8.78 Å². The first-order valence-corrected chi connectivity index (χ1v) is 11.9. The quantitative estimate of drug-likeness (QED) is 0.319. The minimum Gasteiger partial charge on any atom is -0.472 e. The Balaban J connectivity index is 1.24. The zero-order chi connectivity index (χ0) is 25.0. The van der Waals surface area contributed by atoms with Crippen LogP contribution in [-0.4, -0.2) is 54.0 Å². The maximum Gasteiger partial charge on any atom is 0.261 e. The number of fused-ring (bicyclic) bond motifs is 2. The van der Waals surface area contributed by atoms with Gasteiger partial charge < -0.3 is 9.40 Å². The second kappa shape index (κ2) is 8.31. The van der Waals surface area contributed by atoms with E-state index in [2.05, 4.69) is 25.1 Å². The minimum atomic E-state index is -2.62. The lowest BCUT2D eigenvalue weighted by Crippen LogP contribution is -2.24. The lowest BCUT2D eigenvalue weighted by molar-refractivity contribution is 0.0115. The first kappa shape index (κ1) is 21.8. The van der Waals surface area contributed by atoms with Crippen LogP contribution in [-0.2, 0) is 6.54 Å². The van der Waals surface area contributed by atoms with Crippen LogP contribution in [0.3, 0.4) is 0 Å². The summed E-state index contributed by atoms with van der Waals surface area (Å²) in [6.07, 6.45) is 8.46. The zero-order valence-corrected chi connectivity index (χ0v) is 19.6. The smallest absolute Gasteiger partial charge is 0.261 e. The number of benzene rings is 1. The fourth-order valence-electron chi connectivity index (χ4n) is 4.97. The molecule has 8 nitrogen and oxygen atoms in total. The number of furan rings is 1. The number of alkyl halides is 2. The zero-order valence-electron chi connectivity index (χ0n) is 19.6. The number of nitrogens with zero attached hydrogens (tertiary/aromatic N) is 5. The largest absolute Gasteiger partial charge is 0.472 e. The number of hydrogen-bond donors (Lipinski definition) is 2. The van der Waals surface area contributed by atoms with E-state index in [1.807, 2.05) is 36.4 Å². The van der Waals surface area contributed by atoms with E-state index in [1.54, 1.807) is 36.0 Å². The molecule has 1 fully saturated rings. The molecular weight excluding hydrogens is 476 g/mol. The molecule has 1 aliphatic heterocycles. The van der Waals surface area contributed by atoms with Crippen molar-refractivity contribution in [1.29, 1.82) is 0 Å². The molecule has 0 atom stereocenters. The molecule has 0 spiro atoms. The lowest BCUT2D eigenvalue weighted by atomic mass is 10.1. The third-order valence-electron chi connectivity index (χ3n) is 6.77. The Labute approximate surface area is 209 Å². The number of hydrogen-bond acceptors (Lipinski definition) is 6. The summed E-state index contributed by atoms with van der Waals surface area (Å²) in [5, 5.41) is 8.30. The predicted molar refractivity (Wildman–Crippen MR) is 135 cm³/mol. The van der Waals surface area contributed by atoms with E-state index in [4.69, 9.17) is 9.40 Å². The van der Waals surface area contributed by atoms with Crippen LogP contribution < -0.4 is 0 Å². The van der Waals surface area contributed by atoms with Crippen LogP contribution in [0.25, 0.3) is 55.8 Å². The van der Waals surface area contributed by atoms with Crippen LogP contribution in [0, 0.1) is 0 Å². The Morgan fingerprint density at radius 1 is 1.05 bits per heavy atom. The van der Waals surface area contributed by atoms with E-state index in [9.17, 15) is 8.78 Å². The summed E-state index contributed by atoms with van der Waals surface area (Å²) >= 11 is 0. The number of aromatic amines is 2. The molecule has 5 aromatic heterocycles. The van der Waals surface area contributed by atoms with Crippen molar-refractivity contribution in [3.8, 4) is 33.8 Å². The van der Waals surface area contributed by atoms with Gasteiger partial charge in [0.05, 0.1) is 35.5 Å². The Hall–Kier alpha value is -4.44. The standard InChI is InChI=1S/C27H21F2N7O/c28-27(29)5-6-36(15-27)13-16-8-18(11-30-10-16)19-9-21-24(34-35-25(21)31-12-19)26-32-22-3-1-2-20(23(22)33-26)17-4-7-37-14-17/h1-4,7-12,14H,5-6,13,15H2,(H,32,33)(H,31,34,35). The highest BCUT2D eigenvalue weighted by atomic mass is 19.3. The van der Waals surface area contributed by atoms with Crippen molar-refractivity contribution in [2.24, 2.45) is 0 Å². The molecule has 10 heteroatoms. The van der Waals surface area contributed by atoms with E-state index in [1.165, 1.54) is 0 Å². The summed E-state index contributed by atoms with van der Waals surface area (Å²) in [6, 6.07) is 11.8. The summed E-state index contributed by atoms with van der Waals surface area (Å²) in [7, 11) is 0. The Bertz CT molecular complexity index is 1740. The van der Waals surface area contributed by atoms with E-state index < -0.39 is 5.92 Å².